The van der Waals surface area contributed by atoms with Crippen molar-refractivity contribution >= 4 is 64.0 Å². The molecule has 0 fully saturated rings. The zero-order chi connectivity index (χ0) is 17.9. The summed E-state index contributed by atoms with van der Waals surface area (Å²) in [7, 11) is 0. The fraction of sp³-hybridized carbons (Fsp3) is 0.125. The van der Waals surface area contributed by atoms with Crippen molar-refractivity contribution in [1.29, 1.82) is 0 Å². The fourth-order valence-corrected chi connectivity index (χ4v) is 2.81. The summed E-state index contributed by atoms with van der Waals surface area (Å²) >= 11 is 23.4. The average molecular weight is 407 g/mol. The third-order valence-electron chi connectivity index (χ3n) is 2.93. The molecule has 0 unspecified atom stereocenters. The second-order valence-corrected chi connectivity index (χ2v) is 6.54. The largest absolute Gasteiger partial charge is 0.449 e. The minimum atomic E-state index is -1.05. The van der Waals surface area contributed by atoms with Crippen molar-refractivity contribution < 1.29 is 14.3 Å². The van der Waals surface area contributed by atoms with Crippen LogP contribution in [0.25, 0.3) is 0 Å². The average Bonchev–Trinajstić information content (AvgIpc) is 2.45. The molecule has 0 aliphatic heterocycles. The molecule has 2 aromatic rings. The summed E-state index contributed by atoms with van der Waals surface area (Å²) in [5.74, 6) is -1.27. The molecule has 2 aromatic carbocycles. The van der Waals surface area contributed by atoms with E-state index in [2.05, 4.69) is 5.32 Å². The van der Waals surface area contributed by atoms with E-state index < -0.39 is 18.0 Å². The van der Waals surface area contributed by atoms with Crippen LogP contribution in [-0.4, -0.2) is 18.0 Å². The minimum Gasteiger partial charge on any atom is -0.449 e. The number of nitrogens with one attached hydrogen (secondary N) is 1. The van der Waals surface area contributed by atoms with Crippen molar-refractivity contribution in [3.05, 3.63) is 62.1 Å². The normalized spacial score (nSPS) is 11.7. The summed E-state index contributed by atoms with van der Waals surface area (Å²) in [6.07, 6.45) is -1.05. The number of benzene rings is 2. The molecule has 0 aliphatic carbocycles. The van der Waals surface area contributed by atoms with E-state index in [-0.39, 0.29) is 10.6 Å². The van der Waals surface area contributed by atoms with Gasteiger partial charge < -0.3 is 10.1 Å². The lowest BCUT2D eigenvalue weighted by molar-refractivity contribution is -0.123. The monoisotopic (exact) mass is 405 g/mol. The number of hydrogen-bond acceptors (Lipinski definition) is 3. The molecule has 0 bridgehead atoms. The molecule has 1 N–H and O–H groups in total. The molecule has 0 heterocycles. The summed E-state index contributed by atoms with van der Waals surface area (Å²) in [5.41, 5.74) is 0.511. The fourth-order valence-electron chi connectivity index (χ4n) is 1.80. The quantitative estimate of drug-likeness (QED) is 0.683. The van der Waals surface area contributed by atoms with Gasteiger partial charge in [0.15, 0.2) is 6.10 Å². The van der Waals surface area contributed by atoms with Gasteiger partial charge in [0.2, 0.25) is 0 Å². The third kappa shape index (κ3) is 5.02. The molecule has 0 aliphatic rings. The summed E-state index contributed by atoms with van der Waals surface area (Å²) in [6.45, 7) is 1.43. The summed E-state index contributed by atoms with van der Waals surface area (Å²) in [6, 6.07) is 8.92. The minimum absolute atomic E-state index is 0.117. The Hall–Kier alpha value is -1.46. The van der Waals surface area contributed by atoms with Crippen molar-refractivity contribution in [2.75, 3.05) is 5.32 Å². The second-order valence-electron chi connectivity index (χ2n) is 4.82. The highest BCUT2D eigenvalue weighted by molar-refractivity contribution is 6.36. The molecule has 126 valence electrons. The predicted octanol–water partition coefficient (Wildman–Crippen LogP) is 5.48. The van der Waals surface area contributed by atoms with Gasteiger partial charge in [0.05, 0.1) is 10.6 Å². The molecule has 0 saturated carbocycles. The van der Waals surface area contributed by atoms with E-state index in [9.17, 15) is 9.59 Å². The van der Waals surface area contributed by atoms with E-state index in [0.717, 1.165) is 0 Å². The highest BCUT2D eigenvalue weighted by Gasteiger charge is 2.21. The van der Waals surface area contributed by atoms with E-state index in [1.54, 1.807) is 0 Å². The van der Waals surface area contributed by atoms with Gasteiger partial charge in [0, 0.05) is 20.8 Å². The molecule has 0 aromatic heterocycles. The van der Waals surface area contributed by atoms with Crippen molar-refractivity contribution in [2.24, 2.45) is 0 Å². The number of hydrogen-bond donors (Lipinski definition) is 1. The first-order valence-electron chi connectivity index (χ1n) is 6.69. The zero-order valence-corrected chi connectivity index (χ0v) is 15.3. The Kier molecular flexibility index (Phi) is 6.35. The third-order valence-corrected chi connectivity index (χ3v) is 3.92. The Morgan fingerprint density at radius 1 is 0.958 bits per heavy atom. The first-order chi connectivity index (χ1) is 11.3. The Morgan fingerprint density at radius 3 is 2.17 bits per heavy atom. The number of anilines is 1. The lowest BCUT2D eigenvalue weighted by atomic mass is 10.2. The van der Waals surface area contributed by atoms with Gasteiger partial charge in [-0.25, -0.2) is 4.79 Å². The SMILES string of the molecule is C[C@@H](OC(=O)c1ccc(Cl)cc1Cl)C(=O)Nc1cc(Cl)cc(Cl)c1. The molecule has 2 rings (SSSR count). The van der Waals surface area contributed by atoms with Gasteiger partial charge >= 0.3 is 5.97 Å². The molecule has 4 nitrogen and oxygen atoms in total. The van der Waals surface area contributed by atoms with Gasteiger partial charge in [0.25, 0.3) is 5.91 Å². The second kappa shape index (κ2) is 8.08. The molecule has 0 saturated heterocycles. The van der Waals surface area contributed by atoms with Crippen LogP contribution in [0.2, 0.25) is 20.1 Å². The van der Waals surface area contributed by atoms with Crippen LogP contribution in [-0.2, 0) is 9.53 Å². The van der Waals surface area contributed by atoms with Crippen LogP contribution in [0.1, 0.15) is 17.3 Å². The summed E-state index contributed by atoms with van der Waals surface area (Å²) in [5, 5.41) is 3.84. The van der Waals surface area contributed by atoms with Gasteiger partial charge in [-0.2, -0.15) is 0 Å². The lowest BCUT2D eigenvalue weighted by Gasteiger charge is -2.14. The van der Waals surface area contributed by atoms with Crippen LogP contribution in [0.3, 0.4) is 0 Å². The maximum absolute atomic E-state index is 12.1. The zero-order valence-electron chi connectivity index (χ0n) is 12.3. The maximum Gasteiger partial charge on any atom is 0.340 e. The number of ether oxygens (including phenoxy) is 1. The molecule has 1 amide bonds. The van der Waals surface area contributed by atoms with E-state index in [0.29, 0.717) is 20.8 Å². The summed E-state index contributed by atoms with van der Waals surface area (Å²) in [4.78, 5) is 24.2. The summed E-state index contributed by atoms with van der Waals surface area (Å²) < 4.78 is 5.11. The van der Waals surface area contributed by atoms with Gasteiger partial charge in [0.1, 0.15) is 0 Å². The molecule has 1 atom stereocenters. The first kappa shape index (κ1) is 18.9. The number of carbonyl (C=O) groups excluding carboxylic acids is 2. The molecular formula is C16H11Cl4NO3. The number of esters is 1. The smallest absolute Gasteiger partial charge is 0.340 e. The van der Waals surface area contributed by atoms with E-state index in [1.165, 1.54) is 43.3 Å². The van der Waals surface area contributed by atoms with Gasteiger partial charge in [-0.15, -0.1) is 0 Å². The molecular weight excluding hydrogens is 396 g/mol. The molecule has 0 radical (unpaired) electrons. The number of amides is 1. The standard InChI is InChI=1S/C16H11Cl4NO3/c1-8(15(22)21-12-5-10(18)4-11(19)6-12)24-16(23)13-3-2-9(17)7-14(13)20/h2-8H,1H3,(H,21,22)/t8-/m1/s1. The molecule has 0 spiro atoms. The van der Waals surface area contributed by atoms with Gasteiger partial charge in [-0.1, -0.05) is 46.4 Å². The van der Waals surface area contributed by atoms with E-state index >= 15 is 0 Å². The highest BCUT2D eigenvalue weighted by atomic mass is 35.5. The van der Waals surface area contributed by atoms with Crippen LogP contribution in [0.4, 0.5) is 5.69 Å². The highest BCUT2D eigenvalue weighted by Crippen LogP contribution is 2.24. The van der Waals surface area contributed by atoms with Gasteiger partial charge in [-0.3, -0.25) is 4.79 Å². The number of halogens is 4. The van der Waals surface area contributed by atoms with Crippen LogP contribution in [0.5, 0.6) is 0 Å². The van der Waals surface area contributed by atoms with Crippen LogP contribution in [0.15, 0.2) is 36.4 Å². The maximum atomic E-state index is 12.1. The topological polar surface area (TPSA) is 55.4 Å². The molecule has 8 heteroatoms. The van der Waals surface area contributed by atoms with E-state index in [1.807, 2.05) is 0 Å². The Bertz CT molecular complexity index is 775. The molecule has 24 heavy (non-hydrogen) atoms. The van der Waals surface area contributed by atoms with Crippen molar-refractivity contribution in [1.82, 2.24) is 0 Å². The Balaban J connectivity index is 2.04. The number of rotatable bonds is 4. The van der Waals surface area contributed by atoms with Crippen molar-refractivity contribution in [3.8, 4) is 0 Å². The number of carbonyl (C=O) groups is 2. The van der Waals surface area contributed by atoms with Crippen molar-refractivity contribution in [2.45, 2.75) is 13.0 Å². The van der Waals surface area contributed by atoms with Crippen LogP contribution < -0.4 is 5.32 Å². The first-order valence-corrected chi connectivity index (χ1v) is 8.20. The lowest BCUT2D eigenvalue weighted by Crippen LogP contribution is -2.30. The van der Waals surface area contributed by atoms with Crippen LogP contribution >= 0.6 is 46.4 Å². The predicted molar refractivity (Wildman–Crippen MR) is 96.4 cm³/mol. The van der Waals surface area contributed by atoms with Crippen LogP contribution in [0, 0.1) is 0 Å². The van der Waals surface area contributed by atoms with E-state index in [4.69, 9.17) is 51.1 Å². The Labute approximate surface area is 158 Å². The Morgan fingerprint density at radius 2 is 1.58 bits per heavy atom. The van der Waals surface area contributed by atoms with Gasteiger partial charge in [-0.05, 0) is 43.3 Å². The van der Waals surface area contributed by atoms with Crippen molar-refractivity contribution in [3.63, 3.8) is 0 Å².